The minimum Gasteiger partial charge on any atom is -0.436 e. The zero-order chi connectivity index (χ0) is 14.9. The predicted molar refractivity (Wildman–Crippen MR) is 79.0 cm³/mol. The largest absolute Gasteiger partial charge is 0.436 e. The number of nitrogens with one attached hydrogen (secondary N) is 1. The van der Waals surface area contributed by atoms with Crippen LogP contribution in [0.25, 0.3) is 0 Å². The maximum atomic E-state index is 11.0. The van der Waals surface area contributed by atoms with Crippen LogP contribution in [0.3, 0.4) is 0 Å². The third-order valence-electron chi connectivity index (χ3n) is 2.35. The van der Waals surface area contributed by atoms with Crippen LogP contribution in [0, 0.1) is 12.3 Å². The van der Waals surface area contributed by atoms with E-state index in [0.717, 1.165) is 38.2 Å². The lowest BCUT2D eigenvalue weighted by atomic mass is 10.2. The lowest BCUT2D eigenvalue weighted by molar-refractivity contribution is 0.0470. The molecule has 20 heavy (non-hydrogen) atoms. The van der Waals surface area contributed by atoms with E-state index in [1.54, 1.807) is 0 Å². The fourth-order valence-electron chi connectivity index (χ4n) is 1.36. The quantitative estimate of drug-likeness (QED) is 0.322. The molecule has 0 spiro atoms. The Morgan fingerprint density at radius 3 is 2.45 bits per heavy atom. The summed E-state index contributed by atoms with van der Waals surface area (Å²) in [6, 6.07) is 0. The van der Waals surface area contributed by atoms with Crippen LogP contribution < -0.4 is 5.32 Å². The molecular formula is C14H24ClNO4. The second kappa shape index (κ2) is 16.1. The summed E-state index contributed by atoms with van der Waals surface area (Å²) in [7, 11) is 0. The average molecular weight is 306 g/mol. The van der Waals surface area contributed by atoms with Gasteiger partial charge in [0.2, 0.25) is 0 Å². The first kappa shape index (κ1) is 19.0. The summed E-state index contributed by atoms with van der Waals surface area (Å²) in [6.45, 7) is 2.62. The Balaban J connectivity index is 3.06. The van der Waals surface area contributed by atoms with Gasteiger partial charge < -0.3 is 19.5 Å². The Morgan fingerprint density at radius 2 is 1.75 bits per heavy atom. The third kappa shape index (κ3) is 15.1. The zero-order valence-electron chi connectivity index (χ0n) is 11.9. The molecular weight excluding hydrogens is 282 g/mol. The van der Waals surface area contributed by atoms with Crippen molar-refractivity contribution in [2.75, 3.05) is 45.5 Å². The number of alkyl carbamates (subject to hydrolysis) is 1. The van der Waals surface area contributed by atoms with E-state index in [1.165, 1.54) is 0 Å². The van der Waals surface area contributed by atoms with Crippen molar-refractivity contribution in [2.45, 2.75) is 25.7 Å². The fourth-order valence-corrected chi connectivity index (χ4v) is 1.55. The van der Waals surface area contributed by atoms with E-state index in [2.05, 4.69) is 16.0 Å². The van der Waals surface area contributed by atoms with Crippen molar-refractivity contribution < 1.29 is 19.0 Å². The molecule has 0 aliphatic rings. The summed E-state index contributed by atoms with van der Waals surface area (Å²) < 4.78 is 15.3. The van der Waals surface area contributed by atoms with Gasteiger partial charge in [-0.2, -0.15) is 0 Å². The van der Waals surface area contributed by atoms with Crippen LogP contribution in [0.5, 0.6) is 0 Å². The van der Waals surface area contributed by atoms with Crippen molar-refractivity contribution in [3.8, 4) is 12.3 Å². The van der Waals surface area contributed by atoms with Gasteiger partial charge in [0.15, 0.2) is 6.61 Å². The smallest absolute Gasteiger partial charge is 0.408 e. The average Bonchev–Trinajstić information content (AvgIpc) is 2.46. The Kier molecular flexibility index (Phi) is 15.3. The number of halogens is 1. The molecule has 5 nitrogen and oxygen atoms in total. The normalized spacial score (nSPS) is 10.0. The summed E-state index contributed by atoms with van der Waals surface area (Å²) in [5.74, 6) is 2.94. The van der Waals surface area contributed by atoms with Gasteiger partial charge in [-0.1, -0.05) is 18.8 Å². The number of carbonyl (C=O) groups is 1. The molecule has 0 unspecified atom stereocenters. The molecule has 0 fully saturated rings. The van der Waals surface area contributed by atoms with E-state index < -0.39 is 6.09 Å². The number of terminal acetylenes is 1. The van der Waals surface area contributed by atoms with Crippen LogP contribution in [-0.2, 0) is 14.2 Å². The number of hydrogen-bond acceptors (Lipinski definition) is 4. The molecule has 0 aliphatic heterocycles. The van der Waals surface area contributed by atoms with Gasteiger partial charge in [0.05, 0.1) is 19.8 Å². The van der Waals surface area contributed by atoms with Gasteiger partial charge in [-0.05, 0) is 12.8 Å². The van der Waals surface area contributed by atoms with Crippen LogP contribution in [0.15, 0.2) is 0 Å². The number of carbonyl (C=O) groups excluding carboxylic acids is 1. The fraction of sp³-hybridized carbons (Fsp3) is 0.786. The number of hydrogen-bond donors (Lipinski definition) is 1. The first-order valence-electron chi connectivity index (χ1n) is 6.86. The Morgan fingerprint density at radius 1 is 1.05 bits per heavy atom. The van der Waals surface area contributed by atoms with Gasteiger partial charge in [0.1, 0.15) is 0 Å². The van der Waals surface area contributed by atoms with E-state index in [0.29, 0.717) is 26.4 Å². The number of amides is 1. The van der Waals surface area contributed by atoms with E-state index in [1.807, 2.05) is 0 Å². The Labute approximate surface area is 126 Å². The van der Waals surface area contributed by atoms with Crippen molar-refractivity contribution >= 4 is 17.7 Å². The SMILES string of the molecule is C#CCOC(=O)NCCOCCOCCCCCCCl. The summed E-state index contributed by atoms with van der Waals surface area (Å²) in [5.41, 5.74) is 0. The van der Waals surface area contributed by atoms with Crippen molar-refractivity contribution in [1.82, 2.24) is 5.32 Å². The lowest BCUT2D eigenvalue weighted by Crippen LogP contribution is -2.28. The van der Waals surface area contributed by atoms with Gasteiger partial charge >= 0.3 is 6.09 Å². The molecule has 1 N–H and O–H groups in total. The minimum absolute atomic E-state index is 0.0224. The molecule has 0 saturated carbocycles. The molecule has 6 heteroatoms. The Bertz CT molecular complexity index is 268. The lowest BCUT2D eigenvalue weighted by Gasteiger charge is -2.07. The van der Waals surface area contributed by atoms with E-state index in [4.69, 9.17) is 27.5 Å². The maximum Gasteiger partial charge on any atom is 0.408 e. The number of unbranched alkanes of at least 4 members (excludes halogenated alkanes) is 3. The number of alkyl halides is 1. The number of ether oxygens (including phenoxy) is 3. The highest BCUT2D eigenvalue weighted by Crippen LogP contribution is 2.00. The molecule has 0 heterocycles. The third-order valence-corrected chi connectivity index (χ3v) is 2.61. The molecule has 0 aromatic rings. The molecule has 1 amide bonds. The van der Waals surface area contributed by atoms with Gasteiger partial charge in [0.25, 0.3) is 0 Å². The van der Waals surface area contributed by atoms with Crippen LogP contribution in [0.1, 0.15) is 25.7 Å². The standard InChI is InChI=1S/C14H24ClNO4/c1-2-9-20-14(17)16-8-11-19-13-12-18-10-6-4-3-5-7-15/h1H,3-13H2,(H,16,17). The molecule has 0 rings (SSSR count). The molecule has 0 aromatic carbocycles. The van der Waals surface area contributed by atoms with Crippen molar-refractivity contribution in [3.63, 3.8) is 0 Å². The van der Waals surface area contributed by atoms with Crippen molar-refractivity contribution in [3.05, 3.63) is 0 Å². The second-order valence-corrected chi connectivity index (χ2v) is 4.41. The minimum atomic E-state index is -0.528. The summed E-state index contributed by atoms with van der Waals surface area (Å²) >= 11 is 5.58. The molecule has 0 aromatic heterocycles. The topological polar surface area (TPSA) is 56.8 Å². The van der Waals surface area contributed by atoms with Gasteiger partial charge in [-0.3, -0.25) is 0 Å². The molecule has 0 radical (unpaired) electrons. The highest BCUT2D eigenvalue weighted by Gasteiger charge is 1.98. The first-order valence-corrected chi connectivity index (χ1v) is 7.40. The number of rotatable bonds is 13. The van der Waals surface area contributed by atoms with Gasteiger partial charge in [-0.25, -0.2) is 4.79 Å². The molecule has 116 valence electrons. The van der Waals surface area contributed by atoms with Crippen LogP contribution in [0.4, 0.5) is 4.79 Å². The monoisotopic (exact) mass is 305 g/mol. The maximum absolute atomic E-state index is 11.0. The zero-order valence-corrected chi connectivity index (χ0v) is 12.6. The van der Waals surface area contributed by atoms with Crippen molar-refractivity contribution in [1.29, 1.82) is 0 Å². The summed E-state index contributed by atoms with van der Waals surface area (Å²) in [6.07, 6.45) is 8.85. The molecule has 0 atom stereocenters. The Hall–Kier alpha value is -0.960. The molecule has 0 saturated heterocycles. The van der Waals surface area contributed by atoms with E-state index in [-0.39, 0.29) is 6.61 Å². The van der Waals surface area contributed by atoms with Crippen LogP contribution in [0.2, 0.25) is 0 Å². The first-order chi connectivity index (χ1) is 9.81. The second-order valence-electron chi connectivity index (χ2n) is 4.03. The van der Waals surface area contributed by atoms with Crippen LogP contribution in [-0.4, -0.2) is 51.6 Å². The highest BCUT2D eigenvalue weighted by atomic mass is 35.5. The predicted octanol–water partition coefficient (Wildman–Crippen LogP) is 2.18. The van der Waals surface area contributed by atoms with Gasteiger partial charge in [0, 0.05) is 19.0 Å². The summed E-state index contributed by atoms with van der Waals surface area (Å²) in [5, 5.41) is 2.51. The molecule has 0 bridgehead atoms. The van der Waals surface area contributed by atoms with Crippen LogP contribution >= 0.6 is 11.6 Å². The highest BCUT2D eigenvalue weighted by molar-refractivity contribution is 6.17. The molecule has 0 aliphatic carbocycles. The van der Waals surface area contributed by atoms with Crippen molar-refractivity contribution in [2.24, 2.45) is 0 Å². The van der Waals surface area contributed by atoms with E-state index in [9.17, 15) is 4.79 Å². The summed E-state index contributed by atoms with van der Waals surface area (Å²) in [4.78, 5) is 11.0. The van der Waals surface area contributed by atoms with Gasteiger partial charge in [-0.15, -0.1) is 18.0 Å². The van der Waals surface area contributed by atoms with E-state index >= 15 is 0 Å².